The highest BCUT2D eigenvalue weighted by Gasteiger charge is 2.37. The highest BCUT2D eigenvalue weighted by atomic mass is 19.2. The Morgan fingerprint density at radius 1 is 1.18 bits per heavy atom. The summed E-state index contributed by atoms with van der Waals surface area (Å²) in [5, 5.41) is 9.48. The van der Waals surface area contributed by atoms with Crippen LogP contribution in [-0.4, -0.2) is 77.3 Å². The number of aromatic nitrogens is 2. The molecule has 2 atom stereocenters. The summed E-state index contributed by atoms with van der Waals surface area (Å²) in [4.78, 5) is 38.9. The third-order valence-electron chi connectivity index (χ3n) is 5.15. The minimum atomic E-state index is -1.07. The van der Waals surface area contributed by atoms with Crippen LogP contribution in [0.15, 0.2) is 30.6 Å². The van der Waals surface area contributed by atoms with E-state index in [1.807, 2.05) is 0 Å². The predicted octanol–water partition coefficient (Wildman–Crippen LogP) is 2.07. The first kappa shape index (κ1) is 24.1. The van der Waals surface area contributed by atoms with Gasteiger partial charge in [-0.15, -0.1) is 0 Å². The van der Waals surface area contributed by atoms with E-state index in [4.69, 9.17) is 4.74 Å². The minimum absolute atomic E-state index is 0.0983. The number of amides is 4. The molecule has 178 valence electrons. The van der Waals surface area contributed by atoms with Crippen LogP contribution in [0.4, 0.5) is 25.0 Å². The fourth-order valence-electron chi connectivity index (χ4n) is 3.48. The predicted molar refractivity (Wildman–Crippen MR) is 116 cm³/mol. The molecule has 1 aromatic heterocycles. The normalized spacial score (nSPS) is 17.7. The number of carbonyl (C=O) groups is 3. The molecule has 10 nitrogen and oxygen atoms in total. The number of hydrogen-bond donors (Lipinski definition) is 2. The maximum absolute atomic E-state index is 13.5. The zero-order valence-electron chi connectivity index (χ0n) is 18.5. The number of halogens is 2. The molecule has 4 amide bonds. The van der Waals surface area contributed by atoms with Crippen molar-refractivity contribution in [1.29, 1.82) is 0 Å². The van der Waals surface area contributed by atoms with Crippen molar-refractivity contribution in [2.45, 2.75) is 25.4 Å². The summed E-state index contributed by atoms with van der Waals surface area (Å²) in [6.07, 6.45) is 3.64. The molecule has 0 bridgehead atoms. The van der Waals surface area contributed by atoms with Crippen LogP contribution in [0, 0.1) is 11.6 Å². The van der Waals surface area contributed by atoms with Gasteiger partial charge in [0.25, 0.3) is 0 Å². The van der Waals surface area contributed by atoms with Gasteiger partial charge < -0.3 is 25.2 Å². The van der Waals surface area contributed by atoms with Gasteiger partial charge in [-0.1, -0.05) is 0 Å². The number of rotatable bonds is 7. The van der Waals surface area contributed by atoms with Gasteiger partial charge in [0.2, 0.25) is 11.8 Å². The molecule has 1 aliphatic heterocycles. The summed E-state index contributed by atoms with van der Waals surface area (Å²) < 4.78 is 33.9. The molecule has 0 aliphatic carbocycles. The van der Waals surface area contributed by atoms with E-state index in [1.54, 1.807) is 25.0 Å². The van der Waals surface area contributed by atoms with Gasteiger partial charge in [-0.3, -0.25) is 14.3 Å². The van der Waals surface area contributed by atoms with E-state index in [0.717, 1.165) is 12.1 Å². The largest absolute Gasteiger partial charge is 0.369 e. The second-order valence-corrected chi connectivity index (χ2v) is 7.95. The maximum Gasteiger partial charge on any atom is 0.322 e. The third kappa shape index (κ3) is 6.25. The van der Waals surface area contributed by atoms with Crippen LogP contribution in [0.1, 0.15) is 19.4 Å². The van der Waals surface area contributed by atoms with Gasteiger partial charge in [-0.2, -0.15) is 5.10 Å². The number of nitrogens with zero attached hydrogens (tertiary/aromatic N) is 4. The van der Waals surface area contributed by atoms with E-state index in [2.05, 4.69) is 15.7 Å². The first-order chi connectivity index (χ1) is 15.6. The van der Waals surface area contributed by atoms with Crippen LogP contribution in [0.25, 0.3) is 0 Å². The molecule has 12 heteroatoms. The van der Waals surface area contributed by atoms with Crippen molar-refractivity contribution in [1.82, 2.24) is 19.6 Å². The standard InChI is InChI=1S/C21H26F2N6O4/c1-13(30)25-15-8-24-29(9-15)16-7-17(11-33-12-20(31)27(2)3)28(10-16)21(32)26-14-4-5-18(22)19(23)6-14/h4-6,8-9,16-17H,7,10-12H2,1-3H3,(H,25,30)(H,26,32)/t16-,17-/m0/s1. The Kier molecular flexibility index (Phi) is 7.59. The first-order valence-corrected chi connectivity index (χ1v) is 10.3. The Balaban J connectivity index is 1.72. The summed E-state index contributed by atoms with van der Waals surface area (Å²) in [6.45, 7) is 1.61. The molecular formula is C21H26F2N6O4. The lowest BCUT2D eigenvalue weighted by atomic mass is 10.2. The number of urea groups is 1. The van der Waals surface area contributed by atoms with Crippen LogP contribution < -0.4 is 10.6 Å². The number of anilines is 2. The Morgan fingerprint density at radius 3 is 2.61 bits per heavy atom. The van der Waals surface area contributed by atoms with Crippen LogP contribution >= 0.6 is 0 Å². The highest BCUT2D eigenvalue weighted by molar-refractivity contribution is 5.90. The molecule has 33 heavy (non-hydrogen) atoms. The van der Waals surface area contributed by atoms with Crippen molar-refractivity contribution in [3.8, 4) is 0 Å². The fraction of sp³-hybridized carbons (Fsp3) is 0.429. The number of ether oxygens (including phenoxy) is 1. The van der Waals surface area contributed by atoms with E-state index in [9.17, 15) is 23.2 Å². The van der Waals surface area contributed by atoms with Crippen LogP contribution in [0.2, 0.25) is 0 Å². The molecule has 1 aliphatic rings. The van der Waals surface area contributed by atoms with Gasteiger partial charge in [0.1, 0.15) is 6.61 Å². The van der Waals surface area contributed by atoms with Crippen molar-refractivity contribution in [3.63, 3.8) is 0 Å². The number of hydrogen-bond acceptors (Lipinski definition) is 5. The zero-order chi connectivity index (χ0) is 24.1. The molecule has 2 heterocycles. The first-order valence-electron chi connectivity index (χ1n) is 10.3. The molecule has 2 aromatic rings. The molecule has 3 rings (SSSR count). The number of carbonyl (C=O) groups excluding carboxylic acids is 3. The van der Waals surface area contributed by atoms with Gasteiger partial charge in [-0.05, 0) is 18.6 Å². The second kappa shape index (κ2) is 10.4. The van der Waals surface area contributed by atoms with Crippen LogP contribution in [0.5, 0.6) is 0 Å². The van der Waals surface area contributed by atoms with Gasteiger partial charge in [-0.25, -0.2) is 13.6 Å². The molecule has 1 aromatic carbocycles. The molecule has 0 radical (unpaired) electrons. The van der Waals surface area contributed by atoms with Crippen LogP contribution in [0.3, 0.4) is 0 Å². The summed E-state index contributed by atoms with van der Waals surface area (Å²) in [5.74, 6) is -2.53. The summed E-state index contributed by atoms with van der Waals surface area (Å²) >= 11 is 0. The molecule has 1 saturated heterocycles. The van der Waals surface area contributed by atoms with E-state index in [0.29, 0.717) is 12.1 Å². The Bertz CT molecular complexity index is 1030. The number of likely N-dealkylation sites (N-methyl/N-ethyl adjacent to an activating group) is 1. The van der Waals surface area contributed by atoms with Gasteiger partial charge in [0.15, 0.2) is 11.6 Å². The molecule has 0 unspecified atom stereocenters. The van der Waals surface area contributed by atoms with Crippen molar-refractivity contribution in [2.75, 3.05) is 44.5 Å². The molecule has 2 N–H and O–H groups in total. The highest BCUT2D eigenvalue weighted by Crippen LogP contribution is 2.29. The summed E-state index contributed by atoms with van der Waals surface area (Å²) in [5.41, 5.74) is 0.633. The number of likely N-dealkylation sites (tertiary alicyclic amines) is 1. The number of benzene rings is 1. The average molecular weight is 464 g/mol. The summed E-state index contributed by atoms with van der Waals surface area (Å²) in [6, 6.07) is 1.95. The van der Waals surface area contributed by atoms with E-state index < -0.39 is 23.7 Å². The topological polar surface area (TPSA) is 109 Å². The van der Waals surface area contributed by atoms with E-state index >= 15 is 0 Å². The Hall–Kier alpha value is -3.54. The monoisotopic (exact) mass is 464 g/mol. The lowest BCUT2D eigenvalue weighted by Crippen LogP contribution is -2.41. The Morgan fingerprint density at radius 2 is 1.94 bits per heavy atom. The SMILES string of the molecule is CC(=O)Nc1cnn([C@H]2C[C@@H](COCC(=O)N(C)C)N(C(=O)Nc3ccc(F)c(F)c3)C2)c1. The quantitative estimate of drug-likeness (QED) is 0.652. The maximum atomic E-state index is 13.5. The van der Waals surface area contributed by atoms with Crippen molar-refractivity contribution < 1.29 is 27.9 Å². The van der Waals surface area contributed by atoms with Gasteiger partial charge in [0, 0.05) is 45.5 Å². The van der Waals surface area contributed by atoms with Crippen molar-refractivity contribution in [3.05, 3.63) is 42.2 Å². The Labute approximate surface area is 189 Å². The second-order valence-electron chi connectivity index (χ2n) is 7.95. The molecular weight excluding hydrogens is 438 g/mol. The van der Waals surface area contributed by atoms with Crippen LogP contribution in [-0.2, 0) is 14.3 Å². The molecule has 1 fully saturated rings. The number of nitrogens with one attached hydrogen (secondary N) is 2. The lowest BCUT2D eigenvalue weighted by molar-refractivity contribution is -0.133. The minimum Gasteiger partial charge on any atom is -0.369 e. The summed E-state index contributed by atoms with van der Waals surface area (Å²) in [7, 11) is 3.23. The van der Waals surface area contributed by atoms with Gasteiger partial charge in [0.05, 0.1) is 30.6 Å². The zero-order valence-corrected chi connectivity index (χ0v) is 18.5. The average Bonchev–Trinajstić information content (AvgIpc) is 3.37. The lowest BCUT2D eigenvalue weighted by Gasteiger charge is -2.25. The van der Waals surface area contributed by atoms with Crippen molar-refractivity contribution >= 4 is 29.2 Å². The smallest absolute Gasteiger partial charge is 0.322 e. The van der Waals surface area contributed by atoms with Crippen molar-refractivity contribution in [2.24, 2.45) is 0 Å². The van der Waals surface area contributed by atoms with Gasteiger partial charge >= 0.3 is 6.03 Å². The third-order valence-corrected chi connectivity index (χ3v) is 5.15. The molecule has 0 spiro atoms. The molecule has 0 saturated carbocycles. The van der Waals surface area contributed by atoms with E-state index in [-0.39, 0.29) is 43.3 Å². The van der Waals surface area contributed by atoms with E-state index in [1.165, 1.54) is 29.0 Å². The fourth-order valence-corrected chi connectivity index (χ4v) is 3.48.